The molecule has 2 N–H and O–H groups in total. The molecule has 24 heavy (non-hydrogen) atoms. The molecule has 2 rings (SSSR count). The van der Waals surface area contributed by atoms with Crippen LogP contribution < -0.4 is 10.7 Å². The molecule has 0 saturated carbocycles. The van der Waals surface area contributed by atoms with Gasteiger partial charge < -0.3 is 5.32 Å². The van der Waals surface area contributed by atoms with Crippen molar-refractivity contribution < 1.29 is 14.0 Å². The van der Waals surface area contributed by atoms with E-state index in [1.165, 1.54) is 18.3 Å². The fraction of sp³-hybridized carbons (Fsp3) is 0.0625. The van der Waals surface area contributed by atoms with Gasteiger partial charge in [0.15, 0.2) is 0 Å². The van der Waals surface area contributed by atoms with Crippen LogP contribution in [0.15, 0.2) is 47.6 Å². The lowest BCUT2D eigenvalue weighted by molar-refractivity contribution is -0.120. The van der Waals surface area contributed by atoms with Gasteiger partial charge in [-0.05, 0) is 30.3 Å². The van der Waals surface area contributed by atoms with Gasteiger partial charge in [-0.25, -0.2) is 9.82 Å². The molecule has 5 nitrogen and oxygen atoms in total. The standard InChI is InChI=1S/C16H12Cl2FN3O2/c17-13-3-1-2-11(15(13)18)8-21-22-14(23)9-20-16(24)10-4-6-12(19)7-5-10/h1-8H,9H2,(H,20,24)(H,22,23). The zero-order chi connectivity index (χ0) is 17.5. The van der Waals surface area contributed by atoms with Crippen molar-refractivity contribution in [3.8, 4) is 0 Å². The molecule has 8 heteroatoms. The number of carbonyl (C=O) groups excluding carboxylic acids is 2. The van der Waals surface area contributed by atoms with Gasteiger partial charge in [0.05, 0.1) is 22.8 Å². The second-order valence-corrected chi connectivity index (χ2v) is 5.41. The molecule has 0 aliphatic rings. The minimum absolute atomic E-state index is 0.249. The maximum absolute atomic E-state index is 12.8. The van der Waals surface area contributed by atoms with Gasteiger partial charge in [-0.15, -0.1) is 0 Å². The average molecular weight is 368 g/mol. The molecule has 0 atom stereocenters. The Morgan fingerprint density at radius 2 is 1.83 bits per heavy atom. The zero-order valence-electron chi connectivity index (χ0n) is 12.2. The number of carbonyl (C=O) groups is 2. The number of hydrazone groups is 1. The third-order valence-corrected chi connectivity index (χ3v) is 3.72. The summed E-state index contributed by atoms with van der Waals surface area (Å²) in [5.41, 5.74) is 3.04. The van der Waals surface area contributed by atoms with Crippen molar-refractivity contribution in [2.45, 2.75) is 0 Å². The van der Waals surface area contributed by atoms with Crippen LogP contribution in [-0.2, 0) is 4.79 Å². The Labute approximate surface area is 147 Å². The Balaban J connectivity index is 1.83. The average Bonchev–Trinajstić information content (AvgIpc) is 2.57. The van der Waals surface area contributed by atoms with Crippen molar-refractivity contribution in [2.75, 3.05) is 6.54 Å². The van der Waals surface area contributed by atoms with Gasteiger partial charge in [-0.2, -0.15) is 5.10 Å². The number of nitrogens with one attached hydrogen (secondary N) is 2. The second-order valence-electron chi connectivity index (χ2n) is 4.63. The van der Waals surface area contributed by atoms with Gasteiger partial charge in [0, 0.05) is 11.1 Å². The van der Waals surface area contributed by atoms with E-state index in [0.717, 1.165) is 12.1 Å². The van der Waals surface area contributed by atoms with Crippen LogP contribution in [0.25, 0.3) is 0 Å². The normalized spacial score (nSPS) is 10.6. The summed E-state index contributed by atoms with van der Waals surface area (Å²) in [5.74, 6) is -1.47. The summed E-state index contributed by atoms with van der Waals surface area (Å²) in [6.45, 7) is -0.281. The van der Waals surface area contributed by atoms with Crippen LogP contribution in [0.1, 0.15) is 15.9 Å². The van der Waals surface area contributed by atoms with E-state index in [1.807, 2.05) is 0 Å². The topological polar surface area (TPSA) is 70.6 Å². The molecule has 0 spiro atoms. The first-order valence-electron chi connectivity index (χ1n) is 6.77. The van der Waals surface area contributed by atoms with Crippen molar-refractivity contribution in [2.24, 2.45) is 5.10 Å². The predicted molar refractivity (Wildman–Crippen MR) is 90.9 cm³/mol. The number of benzene rings is 2. The lowest BCUT2D eigenvalue weighted by Crippen LogP contribution is -2.34. The van der Waals surface area contributed by atoms with E-state index in [4.69, 9.17) is 23.2 Å². The third-order valence-electron chi connectivity index (χ3n) is 2.89. The van der Waals surface area contributed by atoms with E-state index < -0.39 is 17.6 Å². The third kappa shape index (κ3) is 5.04. The Morgan fingerprint density at radius 1 is 1.12 bits per heavy atom. The van der Waals surface area contributed by atoms with E-state index in [-0.39, 0.29) is 12.1 Å². The zero-order valence-corrected chi connectivity index (χ0v) is 13.7. The summed E-state index contributed by atoms with van der Waals surface area (Å²) in [5, 5.41) is 6.82. The Hall–Kier alpha value is -2.44. The molecule has 124 valence electrons. The van der Waals surface area contributed by atoms with Crippen molar-refractivity contribution in [3.05, 3.63) is 69.5 Å². The molecule has 0 heterocycles. The van der Waals surface area contributed by atoms with Gasteiger partial charge in [-0.1, -0.05) is 35.3 Å². The quantitative estimate of drug-likeness (QED) is 0.629. The fourth-order valence-corrected chi connectivity index (χ4v) is 2.05. The molecule has 0 bridgehead atoms. The molecule has 0 unspecified atom stereocenters. The lowest BCUT2D eigenvalue weighted by atomic mass is 10.2. The molecule has 0 radical (unpaired) electrons. The van der Waals surface area contributed by atoms with Crippen LogP contribution in [0, 0.1) is 5.82 Å². The molecule has 2 aromatic rings. The van der Waals surface area contributed by atoms with E-state index in [1.54, 1.807) is 18.2 Å². The van der Waals surface area contributed by atoms with Gasteiger partial charge >= 0.3 is 0 Å². The van der Waals surface area contributed by atoms with Crippen LogP contribution in [0.3, 0.4) is 0 Å². The van der Waals surface area contributed by atoms with Gasteiger partial charge in [-0.3, -0.25) is 9.59 Å². The molecule has 0 fully saturated rings. The number of amides is 2. The molecule has 2 aromatic carbocycles. The van der Waals surface area contributed by atoms with E-state index in [2.05, 4.69) is 15.8 Å². The van der Waals surface area contributed by atoms with Crippen LogP contribution in [-0.4, -0.2) is 24.6 Å². The SMILES string of the molecule is O=C(CNC(=O)c1ccc(F)cc1)NN=Cc1cccc(Cl)c1Cl. The highest BCUT2D eigenvalue weighted by atomic mass is 35.5. The first-order chi connectivity index (χ1) is 11.5. The fourth-order valence-electron chi connectivity index (χ4n) is 1.70. The Morgan fingerprint density at radius 3 is 2.54 bits per heavy atom. The summed E-state index contributed by atoms with van der Waals surface area (Å²) in [6.07, 6.45) is 1.34. The number of nitrogens with zero attached hydrogens (tertiary/aromatic N) is 1. The number of rotatable bonds is 5. The first kappa shape index (κ1) is 17.9. The van der Waals surface area contributed by atoms with E-state index in [9.17, 15) is 14.0 Å². The van der Waals surface area contributed by atoms with Crippen molar-refractivity contribution in [1.82, 2.24) is 10.7 Å². The molecule has 0 aliphatic heterocycles. The summed E-state index contributed by atoms with van der Waals surface area (Å²) < 4.78 is 12.8. The first-order valence-corrected chi connectivity index (χ1v) is 7.52. The Kier molecular flexibility index (Phi) is 6.28. The minimum Gasteiger partial charge on any atom is -0.343 e. The van der Waals surface area contributed by atoms with Gasteiger partial charge in [0.25, 0.3) is 11.8 Å². The number of hydrogen-bond acceptors (Lipinski definition) is 3. The van der Waals surface area contributed by atoms with Crippen LogP contribution >= 0.6 is 23.2 Å². The molecule has 0 aromatic heterocycles. The maximum atomic E-state index is 12.8. The summed E-state index contributed by atoms with van der Waals surface area (Å²) in [7, 11) is 0. The number of halogens is 3. The predicted octanol–water partition coefficient (Wildman–Crippen LogP) is 3.01. The summed E-state index contributed by atoms with van der Waals surface area (Å²) in [4.78, 5) is 23.4. The minimum atomic E-state index is -0.528. The molecule has 0 aliphatic carbocycles. The highest BCUT2D eigenvalue weighted by Gasteiger charge is 2.07. The summed E-state index contributed by atoms with van der Waals surface area (Å²) >= 11 is 11.8. The second kappa shape index (κ2) is 8.42. The van der Waals surface area contributed by atoms with Gasteiger partial charge in [0.1, 0.15) is 5.82 Å². The van der Waals surface area contributed by atoms with E-state index >= 15 is 0 Å². The number of hydrogen-bond donors (Lipinski definition) is 2. The molecular formula is C16H12Cl2FN3O2. The monoisotopic (exact) mass is 367 g/mol. The Bertz CT molecular complexity index is 779. The molecular weight excluding hydrogens is 356 g/mol. The highest BCUT2D eigenvalue weighted by Crippen LogP contribution is 2.23. The smallest absolute Gasteiger partial charge is 0.259 e. The van der Waals surface area contributed by atoms with Crippen LogP contribution in [0.4, 0.5) is 4.39 Å². The molecule has 2 amide bonds. The largest absolute Gasteiger partial charge is 0.343 e. The van der Waals surface area contributed by atoms with Crippen molar-refractivity contribution in [1.29, 1.82) is 0 Å². The van der Waals surface area contributed by atoms with Crippen LogP contribution in [0.5, 0.6) is 0 Å². The maximum Gasteiger partial charge on any atom is 0.259 e. The molecule has 0 saturated heterocycles. The van der Waals surface area contributed by atoms with Gasteiger partial charge in [0.2, 0.25) is 0 Å². The highest BCUT2D eigenvalue weighted by molar-refractivity contribution is 6.43. The van der Waals surface area contributed by atoms with Crippen molar-refractivity contribution >= 4 is 41.2 Å². The lowest BCUT2D eigenvalue weighted by Gasteiger charge is -2.04. The van der Waals surface area contributed by atoms with Crippen LogP contribution in [0.2, 0.25) is 10.0 Å². The summed E-state index contributed by atoms with van der Waals surface area (Å²) in [6, 6.07) is 9.97. The van der Waals surface area contributed by atoms with Crippen molar-refractivity contribution in [3.63, 3.8) is 0 Å². The van der Waals surface area contributed by atoms with E-state index in [0.29, 0.717) is 15.6 Å².